The number of para-hydroxylation sites is 2. The zero-order valence-electron chi connectivity index (χ0n) is 17.6. The Bertz CT molecular complexity index is 958. The monoisotopic (exact) mass is 486 g/mol. The number of carbonyl (C=O) groups is 2. The molecule has 1 atom stereocenters. The van der Waals surface area contributed by atoms with Crippen molar-refractivity contribution >= 4 is 33.4 Å². The van der Waals surface area contributed by atoms with Crippen molar-refractivity contribution in [2.24, 2.45) is 5.92 Å². The SMILES string of the molecule is COc1ccccc1N1CC(C(=O)NCC2(c3cccc(Br)c3)CCOCC2)CC1=O. The number of amides is 2. The molecule has 1 N–H and O–H groups in total. The van der Waals surface area contributed by atoms with Gasteiger partial charge in [-0.3, -0.25) is 9.59 Å². The first kappa shape index (κ1) is 21.8. The number of benzene rings is 2. The number of hydrogen-bond donors (Lipinski definition) is 1. The Hall–Kier alpha value is -2.38. The number of methoxy groups -OCH3 is 1. The molecule has 1 unspecified atom stereocenters. The molecule has 0 aliphatic carbocycles. The Kier molecular flexibility index (Phi) is 6.62. The fourth-order valence-corrected chi connectivity index (χ4v) is 4.92. The van der Waals surface area contributed by atoms with E-state index in [4.69, 9.17) is 9.47 Å². The number of nitrogens with zero attached hydrogens (tertiary/aromatic N) is 1. The summed E-state index contributed by atoms with van der Waals surface area (Å²) in [6.07, 6.45) is 1.90. The van der Waals surface area contributed by atoms with Gasteiger partial charge in [0.15, 0.2) is 0 Å². The first-order chi connectivity index (χ1) is 15.0. The molecule has 31 heavy (non-hydrogen) atoms. The highest BCUT2D eigenvalue weighted by molar-refractivity contribution is 9.10. The number of halogens is 1. The summed E-state index contributed by atoms with van der Waals surface area (Å²) in [6.45, 7) is 2.24. The zero-order chi connectivity index (χ0) is 21.8. The van der Waals surface area contributed by atoms with Gasteiger partial charge in [0.05, 0.1) is 18.7 Å². The Morgan fingerprint density at radius 1 is 1.23 bits per heavy atom. The average molecular weight is 487 g/mol. The van der Waals surface area contributed by atoms with Gasteiger partial charge >= 0.3 is 0 Å². The Morgan fingerprint density at radius 3 is 2.74 bits per heavy atom. The number of carbonyl (C=O) groups excluding carboxylic acids is 2. The Labute approximate surface area is 191 Å². The van der Waals surface area contributed by atoms with Crippen LogP contribution in [0.25, 0.3) is 0 Å². The van der Waals surface area contributed by atoms with Gasteiger partial charge in [-0.1, -0.05) is 40.2 Å². The molecule has 4 rings (SSSR count). The lowest BCUT2D eigenvalue weighted by Gasteiger charge is -2.38. The van der Waals surface area contributed by atoms with Gasteiger partial charge in [0.1, 0.15) is 5.75 Å². The normalized spacial score (nSPS) is 20.5. The second-order valence-electron chi connectivity index (χ2n) is 8.20. The molecule has 6 nitrogen and oxygen atoms in total. The molecule has 2 fully saturated rings. The molecular formula is C24H27BrN2O4. The lowest BCUT2D eigenvalue weighted by molar-refractivity contribution is -0.126. The van der Waals surface area contributed by atoms with Crippen molar-refractivity contribution in [1.82, 2.24) is 5.32 Å². The van der Waals surface area contributed by atoms with Crippen LogP contribution >= 0.6 is 15.9 Å². The fraction of sp³-hybridized carbons (Fsp3) is 0.417. The highest BCUT2D eigenvalue weighted by atomic mass is 79.9. The minimum atomic E-state index is -0.378. The van der Waals surface area contributed by atoms with Crippen LogP contribution in [0.5, 0.6) is 5.75 Å². The molecule has 2 aliphatic heterocycles. The summed E-state index contributed by atoms with van der Waals surface area (Å²) >= 11 is 3.56. The second-order valence-corrected chi connectivity index (χ2v) is 9.11. The first-order valence-electron chi connectivity index (χ1n) is 10.6. The fourth-order valence-electron chi connectivity index (χ4n) is 4.52. The smallest absolute Gasteiger partial charge is 0.227 e. The Morgan fingerprint density at radius 2 is 2.00 bits per heavy atom. The standard InChI is InChI=1S/C24H27BrN2O4/c1-30-21-8-3-2-7-20(21)27-15-17(13-22(27)28)23(29)26-16-24(9-11-31-12-10-24)18-5-4-6-19(25)14-18/h2-8,14,17H,9-13,15-16H2,1H3,(H,26,29). The van der Waals surface area contributed by atoms with Crippen LogP contribution in [0.4, 0.5) is 5.69 Å². The van der Waals surface area contributed by atoms with E-state index < -0.39 is 0 Å². The highest BCUT2D eigenvalue weighted by Crippen LogP contribution is 2.36. The van der Waals surface area contributed by atoms with E-state index in [0.29, 0.717) is 37.7 Å². The van der Waals surface area contributed by atoms with E-state index in [2.05, 4.69) is 33.4 Å². The molecule has 2 saturated heterocycles. The van der Waals surface area contributed by atoms with Crippen LogP contribution in [0.3, 0.4) is 0 Å². The van der Waals surface area contributed by atoms with Crippen LogP contribution in [0.2, 0.25) is 0 Å². The summed E-state index contributed by atoms with van der Waals surface area (Å²) in [5.74, 6) is 0.119. The summed E-state index contributed by atoms with van der Waals surface area (Å²) in [5, 5.41) is 3.15. The summed E-state index contributed by atoms with van der Waals surface area (Å²) in [7, 11) is 1.58. The van der Waals surface area contributed by atoms with Crippen LogP contribution in [0.15, 0.2) is 53.0 Å². The van der Waals surface area contributed by atoms with Gasteiger partial charge in [0.25, 0.3) is 0 Å². The van der Waals surface area contributed by atoms with Crippen LogP contribution in [0.1, 0.15) is 24.8 Å². The molecule has 2 amide bonds. The zero-order valence-corrected chi connectivity index (χ0v) is 19.2. The molecule has 164 valence electrons. The lowest BCUT2D eigenvalue weighted by atomic mass is 9.74. The molecule has 0 bridgehead atoms. The quantitative estimate of drug-likeness (QED) is 0.676. The van der Waals surface area contributed by atoms with Crippen LogP contribution in [-0.4, -0.2) is 45.2 Å². The van der Waals surface area contributed by atoms with Gasteiger partial charge in [-0.05, 0) is 42.7 Å². The van der Waals surface area contributed by atoms with Gasteiger partial charge in [-0.2, -0.15) is 0 Å². The summed E-state index contributed by atoms with van der Waals surface area (Å²) in [4.78, 5) is 27.4. The molecule has 2 aromatic carbocycles. The van der Waals surface area contributed by atoms with Gasteiger partial charge in [-0.15, -0.1) is 0 Å². The molecular weight excluding hydrogens is 460 g/mol. The minimum absolute atomic E-state index is 0.0579. The molecule has 2 aromatic rings. The lowest BCUT2D eigenvalue weighted by Crippen LogP contribution is -2.46. The Balaban J connectivity index is 1.46. The van der Waals surface area contributed by atoms with Crippen molar-refractivity contribution in [1.29, 1.82) is 0 Å². The topological polar surface area (TPSA) is 67.9 Å². The van der Waals surface area contributed by atoms with Gasteiger partial charge in [0.2, 0.25) is 11.8 Å². The largest absolute Gasteiger partial charge is 0.495 e. The third kappa shape index (κ3) is 4.62. The van der Waals surface area contributed by atoms with Gasteiger partial charge in [-0.25, -0.2) is 0 Å². The van der Waals surface area contributed by atoms with E-state index in [1.165, 1.54) is 5.56 Å². The molecule has 0 saturated carbocycles. The maximum Gasteiger partial charge on any atom is 0.227 e. The van der Waals surface area contributed by atoms with E-state index >= 15 is 0 Å². The maximum atomic E-state index is 13.0. The molecule has 7 heteroatoms. The van der Waals surface area contributed by atoms with Crippen LogP contribution in [0, 0.1) is 5.92 Å². The summed E-state index contributed by atoms with van der Waals surface area (Å²) in [6, 6.07) is 15.7. The van der Waals surface area contributed by atoms with E-state index in [1.807, 2.05) is 36.4 Å². The van der Waals surface area contributed by atoms with Crippen molar-refractivity contribution in [2.75, 3.05) is 38.3 Å². The van der Waals surface area contributed by atoms with E-state index in [-0.39, 0.29) is 29.6 Å². The second kappa shape index (κ2) is 9.40. The number of rotatable bonds is 6. The van der Waals surface area contributed by atoms with Crippen LogP contribution < -0.4 is 15.0 Å². The van der Waals surface area contributed by atoms with Crippen LogP contribution in [-0.2, 0) is 19.7 Å². The first-order valence-corrected chi connectivity index (χ1v) is 11.4. The number of nitrogens with one attached hydrogen (secondary N) is 1. The van der Waals surface area contributed by atoms with Gasteiger partial charge < -0.3 is 19.7 Å². The molecule has 0 radical (unpaired) electrons. The third-order valence-electron chi connectivity index (χ3n) is 6.36. The highest BCUT2D eigenvalue weighted by Gasteiger charge is 2.39. The summed E-state index contributed by atoms with van der Waals surface area (Å²) in [5.41, 5.74) is 1.74. The average Bonchev–Trinajstić information content (AvgIpc) is 3.19. The van der Waals surface area contributed by atoms with Crippen molar-refractivity contribution in [3.05, 3.63) is 58.6 Å². The summed E-state index contributed by atoms with van der Waals surface area (Å²) < 4.78 is 12.0. The molecule has 2 aliphatic rings. The molecule has 2 heterocycles. The van der Waals surface area contributed by atoms with Crippen molar-refractivity contribution in [2.45, 2.75) is 24.7 Å². The number of anilines is 1. The van der Waals surface area contributed by atoms with E-state index in [0.717, 1.165) is 17.3 Å². The predicted octanol–water partition coefficient (Wildman–Crippen LogP) is 3.68. The minimum Gasteiger partial charge on any atom is -0.495 e. The molecule has 0 spiro atoms. The third-order valence-corrected chi connectivity index (χ3v) is 6.85. The van der Waals surface area contributed by atoms with Crippen molar-refractivity contribution in [3.8, 4) is 5.75 Å². The predicted molar refractivity (Wildman–Crippen MR) is 122 cm³/mol. The maximum absolute atomic E-state index is 13.0. The van der Waals surface area contributed by atoms with Crippen molar-refractivity contribution in [3.63, 3.8) is 0 Å². The van der Waals surface area contributed by atoms with E-state index in [1.54, 1.807) is 12.0 Å². The van der Waals surface area contributed by atoms with Crippen molar-refractivity contribution < 1.29 is 19.1 Å². The number of hydrogen-bond acceptors (Lipinski definition) is 4. The van der Waals surface area contributed by atoms with Gasteiger partial charge in [0, 0.05) is 42.6 Å². The molecule has 0 aromatic heterocycles. The number of ether oxygens (including phenoxy) is 2. The van der Waals surface area contributed by atoms with E-state index in [9.17, 15) is 9.59 Å².